The maximum Gasteiger partial charge on any atom is 0.460 e. The number of rotatable bonds is 7. The molecule has 0 radical (unpaired) electrons. The van der Waals surface area contributed by atoms with E-state index in [-0.39, 0.29) is 40.9 Å². The molecule has 0 atom stereocenters. The SMILES string of the molecule is CCCc1nn(C)c2nc(-c3cc(S(=O)(=O)N4CCN(C(F)(F)F)CC4)ccc3OCC)[nH]c(=O)c12. The Balaban J connectivity index is 1.76. The zero-order valence-electron chi connectivity index (χ0n) is 20.1. The number of fused-ring (bicyclic) bond motifs is 1. The number of sulfonamides is 1. The third-order valence-electron chi connectivity index (χ3n) is 5.99. The quantitative estimate of drug-likeness (QED) is 0.469. The number of aryl methyl sites for hydroxylation is 2. The molecule has 0 saturated carbocycles. The first kappa shape index (κ1) is 26.1. The van der Waals surface area contributed by atoms with Crippen molar-refractivity contribution in [2.75, 3.05) is 32.8 Å². The van der Waals surface area contributed by atoms with Gasteiger partial charge in [-0.05, 0) is 31.5 Å². The van der Waals surface area contributed by atoms with Gasteiger partial charge in [0, 0.05) is 33.2 Å². The number of aromatic amines is 1. The largest absolute Gasteiger partial charge is 0.493 e. The maximum atomic E-state index is 13.3. The van der Waals surface area contributed by atoms with E-state index >= 15 is 0 Å². The van der Waals surface area contributed by atoms with Crippen LogP contribution in [0.4, 0.5) is 13.2 Å². The Bertz CT molecular complexity index is 1430. The molecule has 196 valence electrons. The van der Waals surface area contributed by atoms with Crippen LogP contribution in [-0.2, 0) is 23.5 Å². The molecule has 0 amide bonds. The number of nitrogens with zero attached hydrogens (tertiary/aromatic N) is 5. The van der Waals surface area contributed by atoms with Crippen molar-refractivity contribution in [1.29, 1.82) is 0 Å². The van der Waals surface area contributed by atoms with E-state index in [1.54, 1.807) is 14.0 Å². The molecule has 0 unspecified atom stereocenters. The van der Waals surface area contributed by atoms with Gasteiger partial charge in [0.1, 0.15) is 17.0 Å². The summed E-state index contributed by atoms with van der Waals surface area (Å²) < 4.78 is 73.6. The molecular formula is C22H27F3N6O4S. The molecule has 36 heavy (non-hydrogen) atoms. The van der Waals surface area contributed by atoms with Crippen LogP contribution in [0.3, 0.4) is 0 Å². The Hall–Kier alpha value is -2.97. The second kappa shape index (κ2) is 9.82. The van der Waals surface area contributed by atoms with Crippen molar-refractivity contribution in [1.82, 2.24) is 29.0 Å². The lowest BCUT2D eigenvalue weighted by atomic mass is 10.1. The summed E-state index contributed by atoms with van der Waals surface area (Å²) in [7, 11) is -2.44. The normalized spacial score (nSPS) is 16.1. The number of nitrogens with one attached hydrogen (secondary N) is 1. The maximum absolute atomic E-state index is 13.3. The standard InChI is InChI=1S/C22H27F3N6O4S/c1-4-6-16-18-20(29(3)28-16)26-19(27-21(18)32)15-13-14(7-8-17(15)35-5-2)36(33,34)31-11-9-30(10-12-31)22(23,24)25/h7-8,13H,4-6,9-12H2,1-3H3,(H,26,27,32). The van der Waals surface area contributed by atoms with E-state index in [4.69, 9.17) is 4.74 Å². The first-order valence-corrected chi connectivity index (χ1v) is 13.0. The van der Waals surface area contributed by atoms with Crippen LogP contribution in [0.25, 0.3) is 22.4 Å². The molecule has 0 spiro atoms. The molecule has 1 aromatic carbocycles. The Morgan fingerprint density at radius 2 is 1.83 bits per heavy atom. The fraction of sp³-hybridized carbons (Fsp3) is 0.500. The molecule has 0 bridgehead atoms. The zero-order chi connectivity index (χ0) is 26.3. The Morgan fingerprint density at radius 1 is 1.14 bits per heavy atom. The van der Waals surface area contributed by atoms with Gasteiger partial charge in [0.2, 0.25) is 10.0 Å². The van der Waals surface area contributed by atoms with E-state index < -0.39 is 35.0 Å². The molecule has 1 aliphatic rings. The summed E-state index contributed by atoms with van der Waals surface area (Å²) in [6.07, 6.45) is -3.12. The molecule has 1 fully saturated rings. The summed E-state index contributed by atoms with van der Waals surface area (Å²) in [6, 6.07) is 4.11. The minimum absolute atomic E-state index is 0.0981. The molecule has 14 heteroatoms. The van der Waals surface area contributed by atoms with Crippen molar-refractivity contribution in [2.45, 2.75) is 37.9 Å². The Kier molecular flexibility index (Phi) is 7.12. The third-order valence-corrected chi connectivity index (χ3v) is 7.89. The molecule has 1 aliphatic heterocycles. The summed E-state index contributed by atoms with van der Waals surface area (Å²) in [5.74, 6) is 0.401. The average molecular weight is 529 g/mol. The highest BCUT2D eigenvalue weighted by atomic mass is 32.2. The Morgan fingerprint density at radius 3 is 2.44 bits per heavy atom. The van der Waals surface area contributed by atoms with Gasteiger partial charge < -0.3 is 9.72 Å². The van der Waals surface area contributed by atoms with Gasteiger partial charge in [-0.2, -0.15) is 22.6 Å². The van der Waals surface area contributed by atoms with Gasteiger partial charge in [0.05, 0.1) is 22.8 Å². The number of hydrogen-bond acceptors (Lipinski definition) is 7. The number of H-pyrrole nitrogens is 1. The number of alkyl halides is 3. The fourth-order valence-electron chi connectivity index (χ4n) is 4.24. The third kappa shape index (κ3) is 4.84. The molecule has 4 rings (SSSR count). The van der Waals surface area contributed by atoms with Crippen molar-refractivity contribution in [3.63, 3.8) is 0 Å². The van der Waals surface area contributed by atoms with E-state index in [0.717, 1.165) is 10.7 Å². The lowest BCUT2D eigenvalue weighted by Crippen LogP contribution is -2.53. The minimum atomic E-state index is -4.51. The second-order valence-corrected chi connectivity index (χ2v) is 10.3. The second-order valence-electron chi connectivity index (χ2n) is 8.38. The number of benzene rings is 1. The number of ether oxygens (including phenoxy) is 1. The predicted octanol–water partition coefficient (Wildman–Crippen LogP) is 2.50. The van der Waals surface area contributed by atoms with Crippen LogP contribution < -0.4 is 10.3 Å². The van der Waals surface area contributed by atoms with Crippen LogP contribution >= 0.6 is 0 Å². The average Bonchev–Trinajstić information content (AvgIpc) is 3.14. The van der Waals surface area contributed by atoms with Crippen molar-refractivity contribution in [3.05, 3.63) is 34.2 Å². The van der Waals surface area contributed by atoms with E-state index in [1.807, 2.05) is 6.92 Å². The van der Waals surface area contributed by atoms with Crippen molar-refractivity contribution in [2.24, 2.45) is 7.05 Å². The highest BCUT2D eigenvalue weighted by Crippen LogP contribution is 2.33. The number of hydrogen-bond donors (Lipinski definition) is 1. The molecule has 2 aromatic heterocycles. The molecule has 3 aromatic rings. The molecule has 1 saturated heterocycles. The molecule has 3 heterocycles. The van der Waals surface area contributed by atoms with Gasteiger partial charge in [0.15, 0.2) is 5.65 Å². The van der Waals surface area contributed by atoms with Gasteiger partial charge in [-0.3, -0.25) is 4.79 Å². The highest BCUT2D eigenvalue weighted by molar-refractivity contribution is 7.89. The lowest BCUT2D eigenvalue weighted by molar-refractivity contribution is -0.250. The van der Waals surface area contributed by atoms with Crippen molar-refractivity contribution in [3.8, 4) is 17.1 Å². The fourth-order valence-corrected chi connectivity index (χ4v) is 5.69. The monoisotopic (exact) mass is 528 g/mol. The Labute approximate surface area is 205 Å². The summed E-state index contributed by atoms with van der Waals surface area (Å²) in [5.41, 5.74) is 0.792. The summed E-state index contributed by atoms with van der Waals surface area (Å²) in [5, 5.41) is 4.76. The number of piperazine rings is 1. The van der Waals surface area contributed by atoms with E-state index in [2.05, 4.69) is 15.1 Å². The van der Waals surface area contributed by atoms with Gasteiger partial charge >= 0.3 is 6.30 Å². The predicted molar refractivity (Wildman–Crippen MR) is 126 cm³/mol. The van der Waals surface area contributed by atoms with Crippen LogP contribution in [0.1, 0.15) is 26.0 Å². The van der Waals surface area contributed by atoms with Crippen molar-refractivity contribution >= 4 is 21.1 Å². The number of halogens is 3. The van der Waals surface area contributed by atoms with Gasteiger partial charge in [0.25, 0.3) is 5.56 Å². The minimum Gasteiger partial charge on any atom is -0.493 e. The van der Waals surface area contributed by atoms with Crippen molar-refractivity contribution < 1.29 is 26.3 Å². The first-order chi connectivity index (χ1) is 17.0. The van der Waals surface area contributed by atoms with E-state index in [1.165, 1.54) is 22.9 Å². The van der Waals surface area contributed by atoms with Gasteiger partial charge in [-0.15, -0.1) is 0 Å². The van der Waals surface area contributed by atoms with Crippen LogP contribution in [0.2, 0.25) is 0 Å². The van der Waals surface area contributed by atoms with Gasteiger partial charge in [-0.1, -0.05) is 13.3 Å². The topological polar surface area (TPSA) is 113 Å². The van der Waals surface area contributed by atoms with E-state index in [9.17, 15) is 26.4 Å². The summed E-state index contributed by atoms with van der Waals surface area (Å²) in [6.45, 7) is 2.47. The number of aromatic nitrogens is 4. The highest BCUT2D eigenvalue weighted by Gasteiger charge is 2.41. The van der Waals surface area contributed by atoms with E-state index in [0.29, 0.717) is 28.9 Å². The molecule has 0 aliphatic carbocycles. The molecular weight excluding hydrogens is 501 g/mol. The van der Waals surface area contributed by atoms with Crippen LogP contribution in [0.15, 0.2) is 27.9 Å². The van der Waals surface area contributed by atoms with Crippen LogP contribution in [0, 0.1) is 0 Å². The summed E-state index contributed by atoms with van der Waals surface area (Å²) >= 11 is 0. The lowest BCUT2D eigenvalue weighted by Gasteiger charge is -2.34. The zero-order valence-corrected chi connectivity index (χ0v) is 20.9. The first-order valence-electron chi connectivity index (χ1n) is 11.5. The molecule has 10 nitrogen and oxygen atoms in total. The van der Waals surface area contributed by atoms with Gasteiger partial charge in [-0.25, -0.2) is 23.0 Å². The smallest absolute Gasteiger partial charge is 0.460 e. The van der Waals surface area contributed by atoms with Crippen LogP contribution in [0.5, 0.6) is 5.75 Å². The van der Waals surface area contributed by atoms with Crippen LogP contribution in [-0.4, -0.2) is 76.5 Å². The molecule has 1 N–H and O–H groups in total. The summed E-state index contributed by atoms with van der Waals surface area (Å²) in [4.78, 5) is 20.4.